The highest BCUT2D eigenvalue weighted by atomic mass is 19.3. The van der Waals surface area contributed by atoms with Crippen LogP contribution in [0.1, 0.15) is 18.4 Å². The molecule has 0 heterocycles. The summed E-state index contributed by atoms with van der Waals surface area (Å²) in [5, 5.41) is 0. The Bertz CT molecular complexity index is 291. The van der Waals surface area contributed by atoms with Crippen molar-refractivity contribution in [3.05, 3.63) is 29.8 Å². The maximum absolute atomic E-state index is 12.0. The van der Waals surface area contributed by atoms with E-state index in [4.69, 9.17) is 5.73 Å². The molecule has 78 valence electrons. The predicted octanol–water partition coefficient (Wildman–Crippen LogP) is 2.35. The van der Waals surface area contributed by atoms with Crippen LogP contribution in [0.2, 0.25) is 0 Å². The summed E-state index contributed by atoms with van der Waals surface area (Å²) in [7, 11) is 0. The van der Waals surface area contributed by atoms with E-state index in [-0.39, 0.29) is 11.7 Å². The molecule has 0 aliphatic heterocycles. The third kappa shape index (κ3) is 2.67. The molecule has 0 aliphatic rings. The molecule has 2 N–H and O–H groups in total. The Morgan fingerprint density at radius 1 is 1.36 bits per heavy atom. The second-order valence-electron chi connectivity index (χ2n) is 3.05. The fraction of sp³-hybridized carbons (Fsp3) is 0.400. The Morgan fingerprint density at radius 3 is 2.57 bits per heavy atom. The predicted molar refractivity (Wildman–Crippen MR) is 50.5 cm³/mol. The molecule has 1 aromatic rings. The summed E-state index contributed by atoms with van der Waals surface area (Å²) in [6.07, 6.45) is 0. The van der Waals surface area contributed by atoms with Crippen LogP contribution in [0.3, 0.4) is 0 Å². The molecule has 1 aromatic carbocycles. The number of nitrogens with two attached hydrogens (primary N) is 1. The fourth-order valence-corrected chi connectivity index (χ4v) is 1.22. The zero-order valence-corrected chi connectivity index (χ0v) is 7.91. The van der Waals surface area contributed by atoms with Crippen LogP contribution in [-0.2, 0) is 0 Å². The standard InChI is InChI=1S/C10H13F2NO/c1-7(6-13)8-4-2-3-5-9(8)14-10(11)12/h2-5,7,10H,6,13H2,1H3. The van der Waals surface area contributed by atoms with Crippen molar-refractivity contribution in [1.29, 1.82) is 0 Å². The number of para-hydroxylation sites is 1. The van der Waals surface area contributed by atoms with Crippen LogP contribution in [0.5, 0.6) is 5.75 Å². The van der Waals surface area contributed by atoms with Crippen molar-refractivity contribution in [2.45, 2.75) is 19.5 Å². The number of benzene rings is 1. The maximum Gasteiger partial charge on any atom is 0.387 e. The first-order chi connectivity index (χ1) is 6.65. The minimum Gasteiger partial charge on any atom is -0.435 e. The molecule has 1 atom stereocenters. The van der Waals surface area contributed by atoms with Crippen molar-refractivity contribution in [3.63, 3.8) is 0 Å². The van der Waals surface area contributed by atoms with Gasteiger partial charge in [0.2, 0.25) is 0 Å². The van der Waals surface area contributed by atoms with Gasteiger partial charge in [-0.05, 0) is 24.1 Å². The van der Waals surface area contributed by atoms with Crippen LogP contribution in [0.25, 0.3) is 0 Å². The van der Waals surface area contributed by atoms with Crippen LogP contribution < -0.4 is 10.5 Å². The lowest BCUT2D eigenvalue weighted by Crippen LogP contribution is -2.12. The van der Waals surface area contributed by atoms with Crippen LogP contribution in [-0.4, -0.2) is 13.2 Å². The molecular formula is C10H13F2NO. The number of alkyl halides is 2. The van der Waals surface area contributed by atoms with Gasteiger partial charge in [-0.2, -0.15) is 8.78 Å². The number of ether oxygens (including phenoxy) is 1. The number of hydrogen-bond donors (Lipinski definition) is 1. The third-order valence-corrected chi connectivity index (χ3v) is 2.02. The molecule has 0 aliphatic carbocycles. The summed E-state index contributed by atoms with van der Waals surface area (Å²) in [5.74, 6) is 0.227. The highest BCUT2D eigenvalue weighted by molar-refractivity contribution is 5.36. The lowest BCUT2D eigenvalue weighted by molar-refractivity contribution is -0.0505. The van der Waals surface area contributed by atoms with Gasteiger partial charge >= 0.3 is 6.61 Å². The van der Waals surface area contributed by atoms with Gasteiger partial charge < -0.3 is 10.5 Å². The Morgan fingerprint density at radius 2 is 2.00 bits per heavy atom. The molecule has 0 amide bonds. The fourth-order valence-electron chi connectivity index (χ4n) is 1.22. The summed E-state index contributed by atoms with van der Waals surface area (Å²) in [4.78, 5) is 0. The van der Waals surface area contributed by atoms with E-state index in [2.05, 4.69) is 4.74 Å². The van der Waals surface area contributed by atoms with Gasteiger partial charge in [0.25, 0.3) is 0 Å². The maximum atomic E-state index is 12.0. The minimum absolute atomic E-state index is 0.0185. The van der Waals surface area contributed by atoms with E-state index in [0.717, 1.165) is 5.56 Å². The number of halogens is 2. The van der Waals surface area contributed by atoms with Gasteiger partial charge in [0.15, 0.2) is 0 Å². The van der Waals surface area contributed by atoms with Crippen LogP contribution >= 0.6 is 0 Å². The number of hydrogen-bond acceptors (Lipinski definition) is 2. The average molecular weight is 201 g/mol. The van der Waals surface area contributed by atoms with Gasteiger partial charge in [-0.3, -0.25) is 0 Å². The summed E-state index contributed by atoms with van der Waals surface area (Å²) < 4.78 is 28.4. The SMILES string of the molecule is CC(CN)c1ccccc1OC(F)F. The van der Waals surface area contributed by atoms with E-state index in [1.165, 1.54) is 6.07 Å². The van der Waals surface area contributed by atoms with Gasteiger partial charge in [-0.1, -0.05) is 25.1 Å². The number of rotatable bonds is 4. The molecule has 0 saturated heterocycles. The van der Waals surface area contributed by atoms with Gasteiger partial charge in [-0.15, -0.1) is 0 Å². The first-order valence-corrected chi connectivity index (χ1v) is 4.39. The molecule has 0 saturated carbocycles. The summed E-state index contributed by atoms with van der Waals surface area (Å²) >= 11 is 0. The van der Waals surface area contributed by atoms with E-state index in [1.807, 2.05) is 6.92 Å². The lowest BCUT2D eigenvalue weighted by Gasteiger charge is -2.14. The highest BCUT2D eigenvalue weighted by Crippen LogP contribution is 2.26. The second-order valence-corrected chi connectivity index (χ2v) is 3.05. The normalized spacial score (nSPS) is 12.9. The average Bonchev–Trinajstić information content (AvgIpc) is 2.16. The quantitative estimate of drug-likeness (QED) is 0.811. The molecular weight excluding hydrogens is 188 g/mol. The van der Waals surface area contributed by atoms with Crippen molar-refractivity contribution >= 4 is 0 Å². The van der Waals surface area contributed by atoms with Gasteiger partial charge in [0.05, 0.1) is 0 Å². The highest BCUT2D eigenvalue weighted by Gasteiger charge is 2.12. The Kier molecular flexibility index (Phi) is 3.83. The van der Waals surface area contributed by atoms with E-state index >= 15 is 0 Å². The van der Waals surface area contributed by atoms with Crippen molar-refractivity contribution in [1.82, 2.24) is 0 Å². The van der Waals surface area contributed by atoms with Crippen LogP contribution in [0.4, 0.5) is 8.78 Å². The molecule has 1 unspecified atom stereocenters. The first kappa shape index (κ1) is 10.9. The monoisotopic (exact) mass is 201 g/mol. The molecule has 0 fully saturated rings. The summed E-state index contributed by atoms with van der Waals surface area (Å²) in [6, 6.07) is 6.70. The van der Waals surface area contributed by atoms with Crippen LogP contribution in [0, 0.1) is 0 Å². The zero-order valence-electron chi connectivity index (χ0n) is 7.91. The minimum atomic E-state index is -2.79. The molecule has 4 heteroatoms. The summed E-state index contributed by atoms with van der Waals surface area (Å²) in [5.41, 5.74) is 6.18. The zero-order chi connectivity index (χ0) is 10.6. The van der Waals surface area contributed by atoms with E-state index < -0.39 is 6.61 Å². The van der Waals surface area contributed by atoms with Gasteiger partial charge in [-0.25, -0.2) is 0 Å². The van der Waals surface area contributed by atoms with E-state index in [0.29, 0.717) is 6.54 Å². The second kappa shape index (κ2) is 4.91. The molecule has 2 nitrogen and oxygen atoms in total. The molecule has 0 radical (unpaired) electrons. The molecule has 0 spiro atoms. The molecule has 0 aromatic heterocycles. The molecule has 0 bridgehead atoms. The van der Waals surface area contributed by atoms with Gasteiger partial charge in [0.1, 0.15) is 5.75 Å². The van der Waals surface area contributed by atoms with Crippen molar-refractivity contribution < 1.29 is 13.5 Å². The Hall–Kier alpha value is -1.16. The van der Waals surface area contributed by atoms with Gasteiger partial charge in [0, 0.05) is 0 Å². The van der Waals surface area contributed by atoms with Crippen LogP contribution in [0.15, 0.2) is 24.3 Å². The Balaban J connectivity index is 2.91. The Labute approximate surface area is 81.7 Å². The van der Waals surface area contributed by atoms with Crippen molar-refractivity contribution in [2.24, 2.45) is 5.73 Å². The topological polar surface area (TPSA) is 35.2 Å². The molecule has 14 heavy (non-hydrogen) atoms. The lowest BCUT2D eigenvalue weighted by atomic mass is 10.0. The summed E-state index contributed by atoms with van der Waals surface area (Å²) in [6.45, 7) is -0.516. The third-order valence-electron chi connectivity index (χ3n) is 2.02. The van der Waals surface area contributed by atoms with E-state index in [1.54, 1.807) is 18.2 Å². The molecule has 1 rings (SSSR count). The van der Waals surface area contributed by atoms with Crippen molar-refractivity contribution in [3.8, 4) is 5.75 Å². The largest absolute Gasteiger partial charge is 0.435 e. The van der Waals surface area contributed by atoms with Crippen molar-refractivity contribution in [2.75, 3.05) is 6.54 Å². The smallest absolute Gasteiger partial charge is 0.387 e. The first-order valence-electron chi connectivity index (χ1n) is 4.39. The van der Waals surface area contributed by atoms with E-state index in [9.17, 15) is 8.78 Å².